The van der Waals surface area contributed by atoms with Gasteiger partial charge in [-0.1, -0.05) is 13.3 Å². The maximum atomic E-state index is 10.9. The second-order valence-corrected chi connectivity index (χ2v) is 2.98. The highest BCUT2D eigenvalue weighted by Gasteiger charge is 2.10. The number of aliphatic carboxylic acids is 1. The molecule has 0 aliphatic rings. The van der Waals surface area contributed by atoms with Crippen molar-refractivity contribution in [2.75, 3.05) is 0 Å². The molecule has 5 heteroatoms. The van der Waals surface area contributed by atoms with Crippen LogP contribution in [0.2, 0.25) is 0 Å². The van der Waals surface area contributed by atoms with Crippen LogP contribution in [0.25, 0.3) is 0 Å². The Hall–Kier alpha value is -1.10. The minimum atomic E-state index is -1.06. The molecule has 0 amide bonds. The first-order valence-electron chi connectivity index (χ1n) is 4.65. The SMILES string of the molecule is CCCC(O)OC(=O)CCCC(=O)O. The van der Waals surface area contributed by atoms with Gasteiger partial charge in [-0.05, 0) is 6.42 Å². The molecule has 0 bridgehead atoms. The van der Waals surface area contributed by atoms with Gasteiger partial charge in [0.05, 0.1) is 0 Å². The fraction of sp³-hybridized carbons (Fsp3) is 0.778. The molecule has 1 atom stereocenters. The Morgan fingerprint density at radius 3 is 2.50 bits per heavy atom. The molecular formula is C9H16O5. The fourth-order valence-corrected chi connectivity index (χ4v) is 0.900. The van der Waals surface area contributed by atoms with Crippen LogP contribution in [0, 0.1) is 0 Å². The molecule has 0 aliphatic carbocycles. The Morgan fingerprint density at radius 2 is 2.00 bits per heavy atom. The van der Waals surface area contributed by atoms with Crippen LogP contribution in [0.15, 0.2) is 0 Å². The number of hydrogen-bond donors (Lipinski definition) is 2. The van der Waals surface area contributed by atoms with E-state index in [1.165, 1.54) is 0 Å². The van der Waals surface area contributed by atoms with Crippen molar-refractivity contribution in [3.05, 3.63) is 0 Å². The summed E-state index contributed by atoms with van der Waals surface area (Å²) in [5, 5.41) is 17.4. The first-order chi connectivity index (χ1) is 6.56. The fourth-order valence-electron chi connectivity index (χ4n) is 0.900. The summed E-state index contributed by atoms with van der Waals surface area (Å²) in [5.41, 5.74) is 0. The van der Waals surface area contributed by atoms with Crippen molar-refractivity contribution in [2.24, 2.45) is 0 Å². The average molecular weight is 204 g/mol. The molecule has 82 valence electrons. The molecule has 0 aromatic carbocycles. The van der Waals surface area contributed by atoms with E-state index in [9.17, 15) is 9.59 Å². The number of carbonyl (C=O) groups excluding carboxylic acids is 1. The van der Waals surface area contributed by atoms with Crippen LogP contribution in [-0.4, -0.2) is 28.4 Å². The molecular weight excluding hydrogens is 188 g/mol. The minimum Gasteiger partial charge on any atom is -0.481 e. The van der Waals surface area contributed by atoms with E-state index in [1.54, 1.807) is 0 Å². The third-order valence-corrected chi connectivity index (χ3v) is 1.57. The number of hydrogen-bond acceptors (Lipinski definition) is 4. The number of rotatable bonds is 7. The number of aliphatic hydroxyl groups excluding tert-OH is 1. The zero-order chi connectivity index (χ0) is 11.0. The smallest absolute Gasteiger partial charge is 0.308 e. The molecule has 5 nitrogen and oxygen atoms in total. The van der Waals surface area contributed by atoms with Crippen LogP contribution in [0.5, 0.6) is 0 Å². The van der Waals surface area contributed by atoms with Crippen molar-refractivity contribution in [3.63, 3.8) is 0 Å². The Balaban J connectivity index is 3.50. The van der Waals surface area contributed by atoms with Crippen LogP contribution in [0.1, 0.15) is 39.0 Å². The van der Waals surface area contributed by atoms with Gasteiger partial charge in [-0.2, -0.15) is 0 Å². The van der Waals surface area contributed by atoms with Gasteiger partial charge >= 0.3 is 11.9 Å². The lowest BCUT2D eigenvalue weighted by Crippen LogP contribution is -2.17. The molecule has 0 spiro atoms. The molecule has 0 heterocycles. The molecule has 0 saturated carbocycles. The predicted octanol–water partition coefficient (Wildman–Crippen LogP) is 0.903. The maximum absolute atomic E-state index is 10.9. The molecule has 0 aromatic rings. The highest BCUT2D eigenvalue weighted by molar-refractivity contribution is 5.71. The Morgan fingerprint density at radius 1 is 1.36 bits per heavy atom. The lowest BCUT2D eigenvalue weighted by Gasteiger charge is -2.10. The number of aliphatic hydroxyl groups is 1. The van der Waals surface area contributed by atoms with E-state index in [-0.39, 0.29) is 19.3 Å². The molecule has 1 unspecified atom stereocenters. The number of carboxylic acid groups (broad SMARTS) is 1. The third kappa shape index (κ3) is 7.54. The highest BCUT2D eigenvalue weighted by atomic mass is 16.6. The minimum absolute atomic E-state index is 0.0348. The third-order valence-electron chi connectivity index (χ3n) is 1.57. The summed E-state index contributed by atoms with van der Waals surface area (Å²) < 4.78 is 4.60. The molecule has 0 aromatic heterocycles. The first-order valence-corrected chi connectivity index (χ1v) is 4.65. The van der Waals surface area contributed by atoms with Crippen LogP contribution in [0.3, 0.4) is 0 Å². The van der Waals surface area contributed by atoms with Crippen molar-refractivity contribution in [2.45, 2.75) is 45.3 Å². The van der Waals surface area contributed by atoms with E-state index < -0.39 is 18.2 Å². The molecule has 0 aliphatic heterocycles. The van der Waals surface area contributed by atoms with Crippen molar-refractivity contribution in [3.8, 4) is 0 Å². The summed E-state index contributed by atoms with van der Waals surface area (Å²) in [6, 6.07) is 0. The standard InChI is InChI=1S/C9H16O5/c1-2-4-8(12)14-9(13)6-3-5-7(10)11/h8,12H,2-6H2,1H3,(H,10,11). The summed E-state index contributed by atoms with van der Waals surface area (Å²) in [6.07, 6.45) is 0.296. The molecule has 0 fully saturated rings. The van der Waals surface area contributed by atoms with Gasteiger partial charge in [-0.3, -0.25) is 9.59 Å². The van der Waals surface area contributed by atoms with Crippen LogP contribution >= 0.6 is 0 Å². The second kappa shape index (κ2) is 7.32. The van der Waals surface area contributed by atoms with E-state index in [0.29, 0.717) is 6.42 Å². The largest absolute Gasteiger partial charge is 0.481 e. The van der Waals surface area contributed by atoms with E-state index in [0.717, 1.165) is 6.42 Å². The van der Waals surface area contributed by atoms with E-state index >= 15 is 0 Å². The molecule has 14 heavy (non-hydrogen) atoms. The van der Waals surface area contributed by atoms with Crippen LogP contribution < -0.4 is 0 Å². The lowest BCUT2D eigenvalue weighted by molar-refractivity contribution is -0.168. The topological polar surface area (TPSA) is 83.8 Å². The summed E-state index contributed by atoms with van der Waals surface area (Å²) in [6.45, 7) is 1.86. The molecule has 0 radical (unpaired) electrons. The summed E-state index contributed by atoms with van der Waals surface area (Å²) >= 11 is 0. The summed E-state index contributed by atoms with van der Waals surface area (Å²) in [5.74, 6) is -1.49. The number of carbonyl (C=O) groups is 2. The Labute approximate surface area is 82.7 Å². The molecule has 2 N–H and O–H groups in total. The summed E-state index contributed by atoms with van der Waals surface area (Å²) in [7, 11) is 0. The van der Waals surface area contributed by atoms with Gasteiger partial charge in [-0.25, -0.2) is 0 Å². The van der Waals surface area contributed by atoms with Gasteiger partial charge in [-0.15, -0.1) is 0 Å². The highest BCUT2D eigenvalue weighted by Crippen LogP contribution is 2.03. The zero-order valence-corrected chi connectivity index (χ0v) is 8.23. The van der Waals surface area contributed by atoms with Gasteiger partial charge in [0.2, 0.25) is 6.29 Å². The van der Waals surface area contributed by atoms with E-state index in [1.807, 2.05) is 6.92 Å². The first kappa shape index (κ1) is 12.9. The van der Waals surface area contributed by atoms with Crippen molar-refractivity contribution < 1.29 is 24.5 Å². The summed E-state index contributed by atoms with van der Waals surface area (Å²) in [4.78, 5) is 21.0. The number of ether oxygens (including phenoxy) is 1. The maximum Gasteiger partial charge on any atom is 0.308 e. The van der Waals surface area contributed by atoms with Gasteiger partial charge < -0.3 is 14.9 Å². The number of carboxylic acids is 1. The van der Waals surface area contributed by atoms with Crippen LogP contribution in [-0.2, 0) is 14.3 Å². The lowest BCUT2D eigenvalue weighted by atomic mass is 10.2. The molecule has 0 saturated heterocycles. The van der Waals surface area contributed by atoms with Crippen molar-refractivity contribution in [1.82, 2.24) is 0 Å². The predicted molar refractivity (Wildman–Crippen MR) is 48.5 cm³/mol. The van der Waals surface area contributed by atoms with Gasteiger partial charge in [0, 0.05) is 19.3 Å². The van der Waals surface area contributed by atoms with Crippen molar-refractivity contribution in [1.29, 1.82) is 0 Å². The Bertz CT molecular complexity index is 190. The number of esters is 1. The Kier molecular flexibility index (Phi) is 6.74. The van der Waals surface area contributed by atoms with E-state index in [4.69, 9.17) is 10.2 Å². The average Bonchev–Trinajstić information content (AvgIpc) is 2.03. The monoisotopic (exact) mass is 204 g/mol. The van der Waals surface area contributed by atoms with E-state index in [2.05, 4.69) is 4.74 Å². The van der Waals surface area contributed by atoms with Gasteiger partial charge in [0.1, 0.15) is 0 Å². The quantitative estimate of drug-likeness (QED) is 0.475. The zero-order valence-electron chi connectivity index (χ0n) is 8.23. The second-order valence-electron chi connectivity index (χ2n) is 2.98. The van der Waals surface area contributed by atoms with Gasteiger partial charge in [0.25, 0.3) is 0 Å². The molecule has 0 rings (SSSR count). The van der Waals surface area contributed by atoms with Crippen LogP contribution in [0.4, 0.5) is 0 Å². The van der Waals surface area contributed by atoms with Gasteiger partial charge in [0.15, 0.2) is 0 Å². The van der Waals surface area contributed by atoms with Crippen molar-refractivity contribution >= 4 is 11.9 Å². The normalized spacial score (nSPS) is 12.1.